The Kier molecular flexibility index (Phi) is 9.78. The average Bonchev–Trinajstić information content (AvgIpc) is 3.29. The van der Waals surface area contributed by atoms with E-state index in [2.05, 4.69) is 54.6 Å². The third kappa shape index (κ3) is 6.51. The van der Waals surface area contributed by atoms with Gasteiger partial charge >= 0.3 is 0 Å². The highest BCUT2D eigenvalue weighted by atomic mass is 35.5. The minimum Gasteiger partial charge on any atom is -0.490 e. The molecule has 0 aliphatic rings. The van der Waals surface area contributed by atoms with Gasteiger partial charge in [0.15, 0.2) is 11.4 Å². The van der Waals surface area contributed by atoms with Crippen LogP contribution in [0.3, 0.4) is 0 Å². The van der Waals surface area contributed by atoms with Crippen LogP contribution in [-0.4, -0.2) is 22.8 Å². The molecule has 182 valence electrons. The van der Waals surface area contributed by atoms with Gasteiger partial charge in [-0.05, 0) is 58.9 Å². The van der Waals surface area contributed by atoms with Crippen molar-refractivity contribution in [1.29, 1.82) is 0 Å². The Balaban J connectivity index is 1.74. The Hall–Kier alpha value is -2.57. The summed E-state index contributed by atoms with van der Waals surface area (Å²) in [5, 5.41) is 11.3. The van der Waals surface area contributed by atoms with E-state index in [0.29, 0.717) is 18.1 Å². The summed E-state index contributed by atoms with van der Waals surface area (Å²) in [4.78, 5) is 13.0. The van der Waals surface area contributed by atoms with Crippen LogP contribution in [-0.2, 0) is 12.8 Å². The van der Waals surface area contributed by atoms with E-state index < -0.39 is 5.91 Å². The second kappa shape index (κ2) is 12.8. The van der Waals surface area contributed by atoms with Crippen LogP contribution < -0.4 is 10.1 Å². The number of amides is 1. The normalized spacial score (nSPS) is 11.0. The number of benzene rings is 2. The summed E-state index contributed by atoms with van der Waals surface area (Å²) in [5.74, 6) is 0.215. The molecule has 6 nitrogen and oxygen atoms in total. The van der Waals surface area contributed by atoms with E-state index in [9.17, 15) is 4.79 Å². The highest BCUT2D eigenvalue weighted by molar-refractivity contribution is 6.37. The fourth-order valence-electron chi connectivity index (χ4n) is 3.71. The van der Waals surface area contributed by atoms with E-state index in [-0.39, 0.29) is 21.4 Å². The summed E-state index contributed by atoms with van der Waals surface area (Å²) in [7, 11) is 0. The van der Waals surface area contributed by atoms with Crippen LogP contribution in [0, 0.1) is 0 Å². The molecule has 0 aliphatic carbocycles. The quantitative estimate of drug-likeness (QED) is 0.255. The number of carbonyl (C=O) groups is 1. The Labute approximate surface area is 210 Å². The van der Waals surface area contributed by atoms with Crippen LogP contribution in [0.25, 0.3) is 11.3 Å². The molecule has 3 aromatic rings. The molecule has 0 spiro atoms. The standard InChI is InChI=1S/C26H31Cl2N3O3/c1-4-7-8-9-10-13-33-24-21(27)15-19(16-22(24)28)26(32)29-25-23(30-34-31-25)20-14-17(5-2)11-12-18(20)6-3/h11-12,14-16H,4-10,13H2,1-3H3,(H,29,31,32). The number of aromatic nitrogens is 2. The topological polar surface area (TPSA) is 77.2 Å². The SMILES string of the molecule is CCCCCCCOc1c(Cl)cc(C(=O)Nc2nonc2-c2cc(CC)ccc2CC)cc1Cl. The van der Waals surface area contributed by atoms with E-state index in [1.807, 2.05) is 0 Å². The molecule has 0 aliphatic heterocycles. The minimum absolute atomic E-state index is 0.243. The molecule has 1 heterocycles. The largest absolute Gasteiger partial charge is 0.490 e. The molecular formula is C26H31Cl2N3O3. The Bertz CT molecular complexity index is 1090. The van der Waals surface area contributed by atoms with Crippen LogP contribution in [0.1, 0.15) is 74.4 Å². The van der Waals surface area contributed by atoms with Gasteiger partial charge in [-0.15, -0.1) is 0 Å². The van der Waals surface area contributed by atoms with Gasteiger partial charge in [0.1, 0.15) is 0 Å². The maximum Gasteiger partial charge on any atom is 0.257 e. The van der Waals surface area contributed by atoms with E-state index in [0.717, 1.165) is 42.4 Å². The summed E-state index contributed by atoms with van der Waals surface area (Å²) in [6, 6.07) is 9.29. The van der Waals surface area contributed by atoms with Crippen molar-refractivity contribution in [2.45, 2.75) is 65.7 Å². The van der Waals surface area contributed by atoms with Gasteiger partial charge in [0.2, 0.25) is 5.82 Å². The van der Waals surface area contributed by atoms with Crippen molar-refractivity contribution < 1.29 is 14.2 Å². The van der Waals surface area contributed by atoms with Gasteiger partial charge in [0, 0.05) is 11.1 Å². The molecule has 0 saturated carbocycles. The Morgan fingerprint density at radius 3 is 2.38 bits per heavy atom. The second-order valence-corrected chi connectivity index (χ2v) is 8.96. The number of ether oxygens (including phenoxy) is 1. The number of nitrogens with one attached hydrogen (secondary N) is 1. The van der Waals surface area contributed by atoms with Gasteiger partial charge in [0.05, 0.1) is 16.7 Å². The molecule has 0 bridgehead atoms. The Morgan fingerprint density at radius 1 is 0.971 bits per heavy atom. The number of unbranched alkanes of at least 4 members (excludes halogenated alkanes) is 4. The van der Waals surface area contributed by atoms with Crippen LogP contribution in [0.5, 0.6) is 5.75 Å². The fourth-order valence-corrected chi connectivity index (χ4v) is 4.30. The maximum absolute atomic E-state index is 13.0. The third-order valence-corrected chi connectivity index (χ3v) is 6.26. The van der Waals surface area contributed by atoms with Crippen molar-refractivity contribution in [3.8, 4) is 17.0 Å². The summed E-state index contributed by atoms with van der Waals surface area (Å²) in [5.41, 5.74) is 3.91. The summed E-state index contributed by atoms with van der Waals surface area (Å²) >= 11 is 12.8. The van der Waals surface area contributed by atoms with E-state index >= 15 is 0 Å². The number of rotatable bonds is 12. The molecule has 8 heteroatoms. The zero-order valence-corrected chi connectivity index (χ0v) is 21.4. The molecule has 0 atom stereocenters. The lowest BCUT2D eigenvalue weighted by Crippen LogP contribution is -2.13. The van der Waals surface area contributed by atoms with Gasteiger partial charge < -0.3 is 10.1 Å². The number of halogens is 2. The van der Waals surface area contributed by atoms with Crippen molar-refractivity contribution in [2.24, 2.45) is 0 Å². The summed E-state index contributed by atoms with van der Waals surface area (Å²) in [6.07, 6.45) is 7.31. The lowest BCUT2D eigenvalue weighted by atomic mass is 9.98. The highest BCUT2D eigenvalue weighted by Crippen LogP contribution is 2.35. The van der Waals surface area contributed by atoms with Crippen LogP contribution in [0.15, 0.2) is 35.0 Å². The zero-order chi connectivity index (χ0) is 24.5. The van der Waals surface area contributed by atoms with Crippen molar-refractivity contribution in [3.63, 3.8) is 0 Å². The van der Waals surface area contributed by atoms with Crippen LogP contribution in [0.4, 0.5) is 5.82 Å². The van der Waals surface area contributed by atoms with Crippen LogP contribution >= 0.6 is 23.2 Å². The highest BCUT2D eigenvalue weighted by Gasteiger charge is 2.20. The molecule has 2 aromatic carbocycles. The van der Waals surface area contributed by atoms with E-state index in [4.69, 9.17) is 32.6 Å². The van der Waals surface area contributed by atoms with Crippen molar-refractivity contribution >= 4 is 34.9 Å². The predicted molar refractivity (Wildman–Crippen MR) is 137 cm³/mol. The molecule has 0 saturated heterocycles. The van der Waals surface area contributed by atoms with Gasteiger partial charge in [-0.25, -0.2) is 4.63 Å². The van der Waals surface area contributed by atoms with E-state index in [1.54, 1.807) is 0 Å². The zero-order valence-electron chi connectivity index (χ0n) is 19.9. The molecule has 0 unspecified atom stereocenters. The first-order valence-corrected chi connectivity index (χ1v) is 12.6. The smallest absolute Gasteiger partial charge is 0.257 e. The number of aryl methyl sites for hydroxylation is 2. The van der Waals surface area contributed by atoms with Crippen molar-refractivity contribution in [2.75, 3.05) is 11.9 Å². The molecule has 3 rings (SSSR count). The van der Waals surface area contributed by atoms with Crippen LogP contribution in [0.2, 0.25) is 10.0 Å². The molecule has 0 radical (unpaired) electrons. The third-order valence-electron chi connectivity index (χ3n) is 5.69. The average molecular weight is 504 g/mol. The summed E-state index contributed by atoms with van der Waals surface area (Å²) in [6.45, 7) is 6.86. The molecule has 0 fully saturated rings. The lowest BCUT2D eigenvalue weighted by Gasteiger charge is -2.12. The number of hydrogen-bond acceptors (Lipinski definition) is 5. The van der Waals surface area contributed by atoms with Crippen molar-refractivity contribution in [3.05, 3.63) is 57.1 Å². The first-order valence-electron chi connectivity index (χ1n) is 11.9. The minimum atomic E-state index is -0.420. The van der Waals surface area contributed by atoms with Crippen molar-refractivity contribution in [1.82, 2.24) is 10.3 Å². The van der Waals surface area contributed by atoms with Gasteiger partial charge in [-0.1, -0.05) is 81.8 Å². The number of hydrogen-bond donors (Lipinski definition) is 1. The molecule has 1 amide bonds. The fraction of sp³-hybridized carbons (Fsp3) is 0.423. The first-order chi connectivity index (χ1) is 16.5. The Morgan fingerprint density at radius 2 is 1.71 bits per heavy atom. The number of nitrogens with zero attached hydrogens (tertiary/aromatic N) is 2. The van der Waals surface area contributed by atoms with Gasteiger partial charge in [-0.3, -0.25) is 4.79 Å². The number of anilines is 1. The molecule has 34 heavy (non-hydrogen) atoms. The monoisotopic (exact) mass is 503 g/mol. The number of carbonyl (C=O) groups excluding carboxylic acids is 1. The first kappa shape index (κ1) is 26.0. The molecule has 1 aromatic heterocycles. The maximum atomic E-state index is 13.0. The predicted octanol–water partition coefficient (Wildman–Crippen LogP) is 7.77. The van der Waals surface area contributed by atoms with Gasteiger partial charge in [-0.2, -0.15) is 0 Å². The lowest BCUT2D eigenvalue weighted by molar-refractivity contribution is 0.102. The molecule has 1 N–H and O–H groups in total. The van der Waals surface area contributed by atoms with Gasteiger partial charge in [0.25, 0.3) is 5.91 Å². The van der Waals surface area contributed by atoms with E-state index in [1.165, 1.54) is 31.4 Å². The molecular weight excluding hydrogens is 473 g/mol. The second-order valence-electron chi connectivity index (χ2n) is 8.15. The summed E-state index contributed by atoms with van der Waals surface area (Å²) < 4.78 is 10.7.